The Morgan fingerprint density at radius 3 is 0.577 bits per heavy atom. The Morgan fingerprint density at radius 2 is 0.394 bits per heavy atom. The van der Waals surface area contributed by atoms with Gasteiger partial charge in [0.2, 0.25) is 0 Å². The van der Waals surface area contributed by atoms with Crippen LogP contribution in [0.15, 0.2) is 109 Å². The van der Waals surface area contributed by atoms with Crippen LogP contribution in [0.3, 0.4) is 0 Å². The van der Waals surface area contributed by atoms with Crippen LogP contribution in [0.1, 0.15) is 260 Å². The van der Waals surface area contributed by atoms with Gasteiger partial charge in [-0.3, -0.25) is 0 Å². The lowest BCUT2D eigenvalue weighted by atomic mass is 9.97. The number of aryl methyl sites for hydroxylation is 6. The first kappa shape index (κ1) is 103. The molecule has 71 heavy (non-hydrogen) atoms. The normalized spacial score (nSPS) is 8.75. The minimum atomic E-state index is 0. The van der Waals surface area contributed by atoms with E-state index in [0.717, 1.165) is 12.8 Å². The summed E-state index contributed by atoms with van der Waals surface area (Å²) in [5, 5.41) is 0. The molecular weight excluding hydrogens is 853 g/mol. The lowest BCUT2D eigenvalue weighted by molar-refractivity contribution is 0.952. The fraction of sp³-hybridized carbons (Fsp3) is 0.493. The van der Waals surface area contributed by atoms with Crippen molar-refractivity contribution in [2.24, 2.45) is 0 Å². The molecule has 0 aliphatic heterocycles. The van der Waals surface area contributed by atoms with Gasteiger partial charge in [-0.05, 0) is 121 Å². The fourth-order valence-electron chi connectivity index (χ4n) is 7.68. The molecule has 0 N–H and O–H groups in total. The highest BCUT2D eigenvalue weighted by molar-refractivity contribution is 5.80. The molecule has 418 valence electrons. The second-order valence-electron chi connectivity index (χ2n) is 13.9. The van der Waals surface area contributed by atoms with E-state index < -0.39 is 0 Å². The molecule has 6 aromatic carbocycles. The molecule has 9 rings (SSSR count). The van der Waals surface area contributed by atoms with Crippen LogP contribution in [0.4, 0.5) is 0 Å². The molecule has 0 bridgehead atoms. The highest BCUT2D eigenvalue weighted by atomic mass is 14.3. The molecule has 0 aromatic heterocycles. The van der Waals surface area contributed by atoms with Gasteiger partial charge in [-0.1, -0.05) is 330 Å². The Kier molecular flexibility index (Phi) is 75.2. The summed E-state index contributed by atoms with van der Waals surface area (Å²) >= 11 is 0. The van der Waals surface area contributed by atoms with Gasteiger partial charge in [-0.2, -0.15) is 0 Å². The topological polar surface area (TPSA) is 0 Å². The van der Waals surface area contributed by atoms with E-state index in [4.69, 9.17) is 0 Å². The van der Waals surface area contributed by atoms with Gasteiger partial charge in [0.15, 0.2) is 0 Å². The van der Waals surface area contributed by atoms with Gasteiger partial charge in [-0.25, -0.2) is 0 Å². The standard InChI is InChI=1S/C16H16.2C15H14.5C2H6.15CH4/c1-10-4-6-13-14-7-5-11(2)9-16(14)12(3)15(13)8-10;2*1-10-3-5-14-12(7-10)9-13-8-11(2)4-6-15(13)14;5*1-2;;;;;;;;;;;;;;;/h4-9,12H,1-3H3;2*3-8H,9H2,1-2H3;5*1-2H3;15*1H4. The molecular formula is C71H134. The molecule has 0 radical (unpaired) electrons. The number of hydrogen-bond acceptors (Lipinski definition) is 0. The van der Waals surface area contributed by atoms with E-state index in [1.807, 2.05) is 69.2 Å². The minimum absolute atomic E-state index is 0. The van der Waals surface area contributed by atoms with Crippen LogP contribution in [0, 0.1) is 41.5 Å². The van der Waals surface area contributed by atoms with E-state index in [9.17, 15) is 0 Å². The summed E-state index contributed by atoms with van der Waals surface area (Å²) < 4.78 is 0. The van der Waals surface area contributed by atoms with E-state index in [1.165, 1.54) is 100 Å². The summed E-state index contributed by atoms with van der Waals surface area (Å²) in [5.74, 6) is 0.546. The maximum Gasteiger partial charge on any atom is 0.00735 e. The van der Waals surface area contributed by atoms with Crippen molar-refractivity contribution >= 4 is 0 Å². The maximum atomic E-state index is 2.33. The summed E-state index contributed by atoms with van der Waals surface area (Å²) in [6.45, 7) is 35.3. The third-order valence-electron chi connectivity index (χ3n) is 10.0. The molecule has 3 aliphatic carbocycles. The average molecular weight is 988 g/mol. The second-order valence-corrected chi connectivity index (χ2v) is 13.9. The lowest BCUT2D eigenvalue weighted by Crippen LogP contribution is -1.90. The molecule has 6 aromatic rings. The van der Waals surface area contributed by atoms with Gasteiger partial charge in [-0.15, -0.1) is 0 Å². The fourth-order valence-corrected chi connectivity index (χ4v) is 7.68. The molecule has 0 unspecified atom stereocenters. The SMILES string of the molecule is C.C.C.C.C.C.C.C.C.C.C.C.C.C.C.CC.CC.CC.CC.CC.Cc1ccc2c(c1)C(C)c1cc(C)ccc1-2.Cc1ccc2c(c1)Cc1cc(C)ccc1-2.Cc1ccc2c(c1)Cc1cc(C)ccc1-2. The van der Waals surface area contributed by atoms with Crippen molar-refractivity contribution in [3.05, 3.63) is 176 Å². The largest absolute Gasteiger partial charge is 0.0776 e. The number of rotatable bonds is 0. The second kappa shape index (κ2) is 51.7. The van der Waals surface area contributed by atoms with Crippen molar-refractivity contribution in [1.29, 1.82) is 0 Å². The molecule has 0 nitrogen and oxygen atoms in total. The van der Waals surface area contributed by atoms with Gasteiger partial charge in [0.25, 0.3) is 0 Å². The van der Waals surface area contributed by atoms with Gasteiger partial charge < -0.3 is 0 Å². The lowest BCUT2D eigenvalue weighted by Gasteiger charge is -2.07. The summed E-state index contributed by atoms with van der Waals surface area (Å²) in [6.07, 6.45) is 2.21. The van der Waals surface area contributed by atoms with Crippen molar-refractivity contribution in [3.63, 3.8) is 0 Å². The Bertz CT molecular complexity index is 1870. The van der Waals surface area contributed by atoms with Crippen LogP contribution in [0.2, 0.25) is 0 Å². The van der Waals surface area contributed by atoms with Gasteiger partial charge in [0.1, 0.15) is 0 Å². The van der Waals surface area contributed by atoms with Crippen molar-refractivity contribution in [2.75, 3.05) is 0 Å². The Morgan fingerprint density at radius 1 is 0.239 bits per heavy atom. The van der Waals surface area contributed by atoms with Crippen LogP contribution in [-0.4, -0.2) is 0 Å². The van der Waals surface area contributed by atoms with Crippen molar-refractivity contribution in [1.82, 2.24) is 0 Å². The first-order chi connectivity index (χ1) is 27.1. The van der Waals surface area contributed by atoms with Crippen LogP contribution in [0.5, 0.6) is 0 Å². The van der Waals surface area contributed by atoms with E-state index >= 15 is 0 Å². The monoisotopic (exact) mass is 987 g/mol. The summed E-state index contributed by atoms with van der Waals surface area (Å²) in [5.41, 5.74) is 25.6. The zero-order valence-corrected chi connectivity index (χ0v) is 38.4. The van der Waals surface area contributed by atoms with Crippen LogP contribution >= 0.6 is 0 Å². The molecule has 0 saturated carbocycles. The molecule has 0 saturated heterocycles. The zero-order valence-electron chi connectivity index (χ0n) is 38.4. The van der Waals surface area contributed by atoms with Crippen LogP contribution in [-0.2, 0) is 12.8 Å². The highest BCUT2D eigenvalue weighted by Crippen LogP contribution is 2.45. The molecule has 0 atom stereocenters. The third-order valence-corrected chi connectivity index (χ3v) is 10.0. The molecule has 3 aliphatic rings. The highest BCUT2D eigenvalue weighted by Gasteiger charge is 2.25. The van der Waals surface area contributed by atoms with Crippen molar-refractivity contribution in [2.45, 2.75) is 248 Å². The number of fused-ring (bicyclic) bond motifs is 9. The molecule has 0 fully saturated rings. The first-order valence-corrected chi connectivity index (χ1v) is 21.7. The molecule has 0 heteroatoms. The molecule has 0 spiro atoms. The van der Waals surface area contributed by atoms with Gasteiger partial charge in [0, 0.05) is 5.92 Å². The van der Waals surface area contributed by atoms with E-state index in [0.29, 0.717) is 5.92 Å². The Labute approximate surface area is 455 Å². The van der Waals surface area contributed by atoms with E-state index in [-0.39, 0.29) is 111 Å². The van der Waals surface area contributed by atoms with Gasteiger partial charge >= 0.3 is 0 Å². The molecule has 0 amide bonds. The zero-order chi connectivity index (χ0) is 42.1. The molecule has 0 heterocycles. The summed E-state index contributed by atoms with van der Waals surface area (Å²) in [6, 6.07) is 40.7. The minimum Gasteiger partial charge on any atom is -0.0776 e. The quantitative estimate of drug-likeness (QED) is 0.142. The van der Waals surface area contributed by atoms with E-state index in [2.05, 4.69) is 158 Å². The van der Waals surface area contributed by atoms with Crippen molar-refractivity contribution in [3.8, 4) is 33.4 Å². The van der Waals surface area contributed by atoms with Crippen LogP contribution in [0.25, 0.3) is 33.4 Å². The van der Waals surface area contributed by atoms with E-state index in [1.54, 1.807) is 0 Å². The van der Waals surface area contributed by atoms with Crippen LogP contribution < -0.4 is 0 Å². The van der Waals surface area contributed by atoms with Gasteiger partial charge in [0.05, 0.1) is 0 Å². The first-order valence-electron chi connectivity index (χ1n) is 21.7. The number of benzene rings is 6. The Hall–Kier alpha value is -4.68. The maximum absolute atomic E-state index is 2.33. The predicted octanol–water partition coefficient (Wildman–Crippen LogP) is 26.9. The number of hydrogen-bond donors (Lipinski definition) is 0. The summed E-state index contributed by atoms with van der Waals surface area (Å²) in [4.78, 5) is 0. The van der Waals surface area contributed by atoms with Crippen molar-refractivity contribution < 1.29 is 0 Å². The Balaban J connectivity index is -0.0000000478. The average Bonchev–Trinajstić information content (AvgIpc) is 3.86. The summed E-state index contributed by atoms with van der Waals surface area (Å²) in [7, 11) is 0. The smallest absolute Gasteiger partial charge is 0.00735 e. The third kappa shape index (κ3) is 25.5. The predicted molar refractivity (Wildman–Crippen MR) is 355 cm³/mol.